The Bertz CT molecular complexity index is 1430. The van der Waals surface area contributed by atoms with E-state index in [4.69, 9.17) is 0 Å². The summed E-state index contributed by atoms with van der Waals surface area (Å²) in [7, 11) is 0. The summed E-state index contributed by atoms with van der Waals surface area (Å²) in [5, 5.41) is 15.4. The molecule has 5 aromatic rings. The number of benzene rings is 2. The molecule has 2 N–H and O–H groups in total. The van der Waals surface area contributed by atoms with Crippen LogP contribution in [-0.4, -0.2) is 30.9 Å². The van der Waals surface area contributed by atoms with Gasteiger partial charge in [-0.05, 0) is 45.3 Å². The molecule has 0 atom stereocenters. The number of aromatic nitrogens is 5. The number of fused-ring (bicyclic) bond motifs is 1. The summed E-state index contributed by atoms with van der Waals surface area (Å²) in [5.41, 5.74) is 4.12. The number of nitrogens with one attached hydrogen (secondary N) is 2. The highest BCUT2D eigenvalue weighted by Gasteiger charge is 2.17. The van der Waals surface area contributed by atoms with Crippen molar-refractivity contribution in [2.24, 2.45) is 0 Å². The van der Waals surface area contributed by atoms with E-state index >= 15 is 0 Å². The number of hydrogen-bond donors (Lipinski definition) is 2. The van der Waals surface area contributed by atoms with Crippen LogP contribution in [0.25, 0.3) is 27.8 Å². The van der Waals surface area contributed by atoms with Crippen LogP contribution in [0.2, 0.25) is 0 Å². The van der Waals surface area contributed by atoms with Crippen molar-refractivity contribution in [3.05, 3.63) is 101 Å². The summed E-state index contributed by atoms with van der Waals surface area (Å²) in [6.07, 6.45) is 1.65. The molecule has 0 unspecified atom stereocenters. The van der Waals surface area contributed by atoms with Crippen LogP contribution in [-0.2, 0) is 0 Å². The maximum absolute atomic E-state index is 13.0. The largest absolute Gasteiger partial charge is 0.289 e. The maximum atomic E-state index is 13.0. The SMILES string of the molecule is O=C(Nc1nnn[nH]1)c1cc(-c2ccc(-c3ccccc3)cc2)c2ccccn2c1=O. The van der Waals surface area contributed by atoms with Crippen molar-refractivity contribution in [2.45, 2.75) is 0 Å². The molecule has 0 bridgehead atoms. The average Bonchev–Trinajstić information content (AvgIpc) is 3.33. The first kappa shape index (κ1) is 18.4. The van der Waals surface area contributed by atoms with Crippen LogP contribution >= 0.6 is 0 Å². The lowest BCUT2D eigenvalue weighted by Crippen LogP contribution is -2.26. The third-order valence-electron chi connectivity index (χ3n) is 5.00. The normalized spacial score (nSPS) is 10.8. The number of tetrazole rings is 1. The predicted molar refractivity (Wildman–Crippen MR) is 117 cm³/mol. The predicted octanol–water partition coefficient (Wildman–Crippen LogP) is 3.40. The van der Waals surface area contributed by atoms with Gasteiger partial charge >= 0.3 is 0 Å². The Morgan fingerprint density at radius 1 is 0.871 bits per heavy atom. The van der Waals surface area contributed by atoms with Crippen molar-refractivity contribution in [1.82, 2.24) is 25.0 Å². The molecule has 31 heavy (non-hydrogen) atoms. The molecule has 2 aromatic carbocycles. The molecule has 0 saturated carbocycles. The van der Waals surface area contributed by atoms with Gasteiger partial charge in [0.1, 0.15) is 5.56 Å². The number of aromatic amines is 1. The Kier molecular flexibility index (Phi) is 4.57. The number of amides is 1. The van der Waals surface area contributed by atoms with Gasteiger partial charge in [0.25, 0.3) is 11.5 Å². The van der Waals surface area contributed by atoms with Crippen LogP contribution < -0.4 is 10.9 Å². The van der Waals surface area contributed by atoms with Gasteiger partial charge in [-0.3, -0.25) is 19.3 Å². The summed E-state index contributed by atoms with van der Waals surface area (Å²) >= 11 is 0. The maximum Gasteiger partial charge on any atom is 0.267 e. The number of H-pyrrole nitrogens is 1. The molecule has 8 nitrogen and oxygen atoms in total. The smallest absolute Gasteiger partial charge is 0.267 e. The van der Waals surface area contributed by atoms with E-state index in [1.807, 2.05) is 66.7 Å². The van der Waals surface area contributed by atoms with Gasteiger partial charge in [-0.25, -0.2) is 5.10 Å². The van der Waals surface area contributed by atoms with Crippen LogP contribution in [0.1, 0.15) is 10.4 Å². The number of anilines is 1. The first-order valence-corrected chi connectivity index (χ1v) is 9.56. The van der Waals surface area contributed by atoms with Crippen molar-refractivity contribution in [1.29, 1.82) is 0 Å². The molecule has 0 spiro atoms. The van der Waals surface area contributed by atoms with Crippen LogP contribution in [0.4, 0.5) is 5.95 Å². The second kappa shape index (κ2) is 7.68. The zero-order chi connectivity index (χ0) is 21.2. The van der Waals surface area contributed by atoms with Gasteiger partial charge in [0.15, 0.2) is 0 Å². The molecule has 3 aromatic heterocycles. The van der Waals surface area contributed by atoms with E-state index in [0.717, 1.165) is 22.3 Å². The van der Waals surface area contributed by atoms with Crippen molar-refractivity contribution in [2.75, 3.05) is 5.32 Å². The Hall–Kier alpha value is -4.59. The number of carbonyl (C=O) groups excluding carboxylic acids is 1. The lowest BCUT2D eigenvalue weighted by molar-refractivity contribution is 0.102. The third kappa shape index (κ3) is 3.46. The van der Waals surface area contributed by atoms with Crippen molar-refractivity contribution < 1.29 is 4.79 Å². The van der Waals surface area contributed by atoms with Crippen LogP contribution in [0, 0.1) is 0 Å². The molecule has 150 valence electrons. The lowest BCUT2D eigenvalue weighted by Gasteiger charge is -2.12. The first-order valence-electron chi connectivity index (χ1n) is 9.56. The molecular formula is C23H16N6O2. The highest BCUT2D eigenvalue weighted by atomic mass is 16.2. The van der Waals surface area contributed by atoms with Crippen molar-refractivity contribution in [3.63, 3.8) is 0 Å². The molecule has 0 fully saturated rings. The number of hydrogen-bond acceptors (Lipinski definition) is 5. The van der Waals surface area contributed by atoms with Gasteiger partial charge < -0.3 is 0 Å². The molecule has 0 radical (unpaired) electrons. The topological polar surface area (TPSA) is 105 Å². The third-order valence-corrected chi connectivity index (χ3v) is 5.00. The van der Waals surface area contributed by atoms with Crippen LogP contribution in [0.3, 0.4) is 0 Å². The zero-order valence-electron chi connectivity index (χ0n) is 16.2. The molecule has 5 rings (SSSR count). The summed E-state index contributed by atoms with van der Waals surface area (Å²) in [5.74, 6) is -0.528. The van der Waals surface area contributed by atoms with Crippen molar-refractivity contribution in [3.8, 4) is 22.3 Å². The molecule has 8 heteroatoms. The van der Waals surface area contributed by atoms with Gasteiger partial charge in [0.05, 0.1) is 5.52 Å². The van der Waals surface area contributed by atoms with E-state index in [-0.39, 0.29) is 11.5 Å². The lowest BCUT2D eigenvalue weighted by atomic mass is 9.98. The molecule has 0 aliphatic heterocycles. The average molecular weight is 408 g/mol. The minimum atomic E-state index is -0.594. The standard InChI is InChI=1S/C23H16N6O2/c30-21(24-23-25-27-28-26-23)19-14-18(20-8-4-5-13-29(20)22(19)31)17-11-9-16(10-12-17)15-6-2-1-3-7-15/h1-14H,(H2,24,25,26,27,28,30). The zero-order valence-corrected chi connectivity index (χ0v) is 16.2. The number of rotatable bonds is 4. The first-order chi connectivity index (χ1) is 15.2. The quantitative estimate of drug-likeness (QED) is 0.474. The van der Waals surface area contributed by atoms with Gasteiger partial charge in [-0.15, -0.1) is 0 Å². The van der Waals surface area contributed by atoms with Gasteiger partial charge in [-0.1, -0.05) is 65.8 Å². The summed E-state index contributed by atoms with van der Waals surface area (Å²) in [4.78, 5) is 25.7. The Labute approximate surface area is 176 Å². The molecule has 0 aliphatic carbocycles. The monoisotopic (exact) mass is 408 g/mol. The van der Waals surface area contributed by atoms with Gasteiger partial charge in [0, 0.05) is 11.8 Å². The van der Waals surface area contributed by atoms with Gasteiger partial charge in [-0.2, -0.15) is 0 Å². The Morgan fingerprint density at radius 2 is 1.58 bits per heavy atom. The van der Waals surface area contributed by atoms with E-state index < -0.39 is 11.5 Å². The number of carbonyl (C=O) groups is 1. The van der Waals surface area contributed by atoms with Crippen LogP contribution in [0.5, 0.6) is 0 Å². The summed E-state index contributed by atoms with van der Waals surface area (Å²) in [6.45, 7) is 0. The van der Waals surface area contributed by atoms with E-state index in [0.29, 0.717) is 5.52 Å². The minimum absolute atomic E-state index is 0.0118. The second-order valence-corrected chi connectivity index (χ2v) is 6.88. The molecule has 0 saturated heterocycles. The number of nitrogens with zero attached hydrogens (tertiary/aromatic N) is 4. The Balaban J connectivity index is 1.62. The van der Waals surface area contributed by atoms with E-state index in [1.54, 1.807) is 18.3 Å². The molecular weight excluding hydrogens is 392 g/mol. The van der Waals surface area contributed by atoms with E-state index in [1.165, 1.54) is 4.40 Å². The molecule has 0 aliphatic rings. The molecule has 1 amide bonds. The fraction of sp³-hybridized carbons (Fsp3) is 0. The minimum Gasteiger partial charge on any atom is -0.289 e. The van der Waals surface area contributed by atoms with Gasteiger partial charge in [0.2, 0.25) is 5.95 Å². The van der Waals surface area contributed by atoms with Crippen molar-refractivity contribution >= 4 is 17.4 Å². The second-order valence-electron chi connectivity index (χ2n) is 6.88. The van der Waals surface area contributed by atoms with E-state index in [2.05, 4.69) is 25.9 Å². The highest BCUT2D eigenvalue weighted by Crippen LogP contribution is 2.28. The molecule has 3 heterocycles. The fourth-order valence-electron chi connectivity index (χ4n) is 3.50. The number of pyridine rings is 2. The highest BCUT2D eigenvalue weighted by molar-refractivity contribution is 6.04. The Morgan fingerprint density at radius 3 is 2.32 bits per heavy atom. The summed E-state index contributed by atoms with van der Waals surface area (Å²) < 4.78 is 1.47. The summed E-state index contributed by atoms with van der Waals surface area (Å²) in [6, 6.07) is 25.1. The van der Waals surface area contributed by atoms with Crippen LogP contribution in [0.15, 0.2) is 89.9 Å². The van der Waals surface area contributed by atoms with E-state index in [9.17, 15) is 9.59 Å². The fourth-order valence-corrected chi connectivity index (χ4v) is 3.50.